The first-order valence-electron chi connectivity index (χ1n) is 9.47. The molecule has 0 aromatic carbocycles. The van der Waals surface area contributed by atoms with Crippen molar-refractivity contribution in [2.45, 2.75) is 84.5 Å². The predicted molar refractivity (Wildman–Crippen MR) is 114 cm³/mol. The maximum absolute atomic E-state index is 11.4. The van der Waals surface area contributed by atoms with Crippen LogP contribution in [0.15, 0.2) is 12.2 Å². The Morgan fingerprint density at radius 1 is 0.920 bits per heavy atom. The third kappa shape index (κ3) is 12.7. The van der Waals surface area contributed by atoms with E-state index < -0.39 is 25.0 Å². The molecule has 0 saturated carbocycles. The van der Waals surface area contributed by atoms with Gasteiger partial charge in [0.25, 0.3) is 0 Å². The van der Waals surface area contributed by atoms with Crippen molar-refractivity contribution < 1.29 is 18.1 Å². The van der Waals surface area contributed by atoms with Gasteiger partial charge < -0.3 is 13.3 Å². The Balaban J connectivity index is 4.27. The van der Waals surface area contributed by atoms with Crippen LogP contribution in [-0.2, 0) is 18.1 Å². The van der Waals surface area contributed by atoms with Crippen LogP contribution in [0.1, 0.15) is 33.1 Å². The van der Waals surface area contributed by atoms with Crippen LogP contribution < -0.4 is 0 Å². The van der Waals surface area contributed by atoms with Crippen molar-refractivity contribution in [1.82, 2.24) is 0 Å². The normalized spacial score (nSPS) is 13.0. The minimum atomic E-state index is -1.80. The van der Waals surface area contributed by atoms with E-state index in [2.05, 4.69) is 52.8 Å². The maximum atomic E-state index is 11.4. The summed E-state index contributed by atoms with van der Waals surface area (Å²) in [4.78, 5) is 11.4. The monoisotopic (exact) mass is 404 g/mol. The van der Waals surface area contributed by atoms with Gasteiger partial charge in [-0.1, -0.05) is 26.3 Å². The summed E-state index contributed by atoms with van der Waals surface area (Å²) < 4.78 is 18.1. The molecule has 7 heteroatoms. The van der Waals surface area contributed by atoms with E-state index in [0.717, 1.165) is 18.7 Å². The Hall–Kier alpha value is -0.219. The van der Waals surface area contributed by atoms with Gasteiger partial charge in [-0.3, -0.25) is 0 Å². The van der Waals surface area contributed by atoms with Gasteiger partial charge in [0, 0.05) is 5.57 Å². The van der Waals surface area contributed by atoms with E-state index in [1.54, 1.807) is 6.92 Å². The molecule has 0 amide bonds. The number of rotatable bonds is 13. The number of unbranched alkanes of at least 4 members (excludes halogenated alkanes) is 1. The molecule has 0 aliphatic carbocycles. The van der Waals surface area contributed by atoms with Crippen molar-refractivity contribution in [2.75, 3.05) is 12.8 Å². The van der Waals surface area contributed by atoms with Crippen molar-refractivity contribution in [1.29, 1.82) is 0 Å². The van der Waals surface area contributed by atoms with Gasteiger partial charge in [-0.2, -0.15) is 0 Å². The fourth-order valence-corrected chi connectivity index (χ4v) is 14.6. The van der Waals surface area contributed by atoms with Crippen LogP contribution in [0.4, 0.5) is 0 Å². The first kappa shape index (κ1) is 24.8. The Kier molecular flexibility index (Phi) is 10.7. The summed E-state index contributed by atoms with van der Waals surface area (Å²) >= 11 is 0. The molecule has 0 aliphatic rings. The first-order chi connectivity index (χ1) is 11.3. The minimum absolute atomic E-state index is 0.304. The molecule has 0 spiro atoms. The molecule has 0 aliphatic heterocycles. The SMILES string of the molecule is C=C(C)C(=O)OCCC[Si](C)(C)OC[Si](C)(C)O[Si](C)(C)CCCC. The van der Waals surface area contributed by atoms with Crippen LogP contribution in [0, 0.1) is 0 Å². The van der Waals surface area contributed by atoms with Crippen LogP contribution in [0.5, 0.6) is 0 Å². The van der Waals surface area contributed by atoms with Gasteiger partial charge in [-0.15, -0.1) is 0 Å². The molecule has 0 saturated heterocycles. The highest BCUT2D eigenvalue weighted by Crippen LogP contribution is 2.23. The van der Waals surface area contributed by atoms with E-state index in [9.17, 15) is 4.79 Å². The highest BCUT2D eigenvalue weighted by atomic mass is 28.4. The second kappa shape index (κ2) is 10.8. The van der Waals surface area contributed by atoms with Crippen molar-refractivity contribution in [3.8, 4) is 0 Å². The fraction of sp³-hybridized carbons (Fsp3) is 0.833. The molecule has 0 heterocycles. The number of hydrogen-bond acceptors (Lipinski definition) is 4. The molecule has 0 fully saturated rings. The number of esters is 1. The molecular formula is C18H40O4Si3. The summed E-state index contributed by atoms with van der Waals surface area (Å²) in [7, 11) is -5.14. The quantitative estimate of drug-likeness (QED) is 0.176. The summed E-state index contributed by atoms with van der Waals surface area (Å²) in [6.45, 7) is 21.6. The number of ether oxygens (including phenoxy) is 1. The van der Waals surface area contributed by atoms with Crippen LogP contribution in [-0.4, -0.2) is 43.8 Å². The van der Waals surface area contributed by atoms with Crippen LogP contribution in [0.3, 0.4) is 0 Å². The van der Waals surface area contributed by atoms with Crippen LogP contribution >= 0.6 is 0 Å². The zero-order valence-corrected chi connectivity index (χ0v) is 20.8. The van der Waals surface area contributed by atoms with Crippen molar-refractivity contribution in [3.05, 3.63) is 12.2 Å². The molecule has 0 rings (SSSR count). The summed E-state index contributed by atoms with van der Waals surface area (Å²) in [6.07, 6.45) is 4.10. The largest absolute Gasteiger partial charge is 0.462 e. The maximum Gasteiger partial charge on any atom is 0.333 e. The summed E-state index contributed by atoms with van der Waals surface area (Å²) in [6, 6.07) is 2.21. The lowest BCUT2D eigenvalue weighted by molar-refractivity contribution is -0.138. The predicted octanol–water partition coefficient (Wildman–Crippen LogP) is 5.48. The molecule has 0 atom stereocenters. The molecule has 0 aromatic heterocycles. The molecule has 0 N–H and O–H groups in total. The third-order valence-electron chi connectivity index (χ3n) is 4.00. The molecule has 0 aromatic rings. The smallest absolute Gasteiger partial charge is 0.333 e. The summed E-state index contributed by atoms with van der Waals surface area (Å²) in [5, 5.41) is 0. The summed E-state index contributed by atoms with van der Waals surface area (Å²) in [5.41, 5.74) is 0.451. The Bertz CT molecular complexity index is 434. The van der Waals surface area contributed by atoms with Gasteiger partial charge in [0.1, 0.15) is 0 Å². The molecule has 0 radical (unpaired) electrons. The molecule has 0 unspecified atom stereocenters. The van der Waals surface area contributed by atoms with Gasteiger partial charge in [0.15, 0.2) is 25.0 Å². The van der Waals surface area contributed by atoms with Crippen LogP contribution in [0.25, 0.3) is 0 Å². The standard InChI is InChI=1S/C18H40O4Si3/c1-10-11-14-24(6,7)22-25(8,9)16-21-23(4,5)15-12-13-20-18(19)17(2)3/h2,10-16H2,1,3-9H3. The zero-order chi connectivity index (χ0) is 19.7. The van der Waals surface area contributed by atoms with Crippen molar-refractivity contribution in [2.24, 2.45) is 0 Å². The second-order valence-electron chi connectivity index (χ2n) is 8.79. The number of carbonyl (C=O) groups is 1. The first-order valence-corrected chi connectivity index (χ1v) is 18.8. The van der Waals surface area contributed by atoms with E-state index >= 15 is 0 Å². The molecule has 25 heavy (non-hydrogen) atoms. The van der Waals surface area contributed by atoms with Gasteiger partial charge in [0.2, 0.25) is 0 Å². The third-order valence-corrected chi connectivity index (χ3v) is 13.6. The number of hydrogen-bond donors (Lipinski definition) is 0. The lowest BCUT2D eigenvalue weighted by Crippen LogP contribution is -2.50. The minimum Gasteiger partial charge on any atom is -0.462 e. The average molecular weight is 405 g/mol. The molecule has 4 nitrogen and oxygen atoms in total. The van der Waals surface area contributed by atoms with E-state index in [1.807, 2.05) is 0 Å². The molecular weight excluding hydrogens is 364 g/mol. The topological polar surface area (TPSA) is 44.8 Å². The highest BCUT2D eigenvalue weighted by molar-refractivity contribution is 6.85. The van der Waals surface area contributed by atoms with E-state index in [4.69, 9.17) is 13.3 Å². The van der Waals surface area contributed by atoms with E-state index in [-0.39, 0.29) is 5.97 Å². The van der Waals surface area contributed by atoms with Crippen molar-refractivity contribution >= 4 is 30.9 Å². The van der Waals surface area contributed by atoms with Gasteiger partial charge in [0.05, 0.1) is 12.8 Å². The van der Waals surface area contributed by atoms with Gasteiger partial charge in [-0.25, -0.2) is 4.79 Å². The van der Waals surface area contributed by atoms with Crippen molar-refractivity contribution in [3.63, 3.8) is 0 Å². The van der Waals surface area contributed by atoms with Crippen LogP contribution in [0.2, 0.25) is 51.4 Å². The van der Waals surface area contributed by atoms with E-state index in [0.29, 0.717) is 12.2 Å². The Labute approximate surface area is 158 Å². The lowest BCUT2D eigenvalue weighted by Gasteiger charge is -2.36. The molecule has 148 valence electrons. The Morgan fingerprint density at radius 3 is 2.00 bits per heavy atom. The molecule has 0 bridgehead atoms. The van der Waals surface area contributed by atoms with E-state index in [1.165, 1.54) is 18.9 Å². The highest BCUT2D eigenvalue weighted by Gasteiger charge is 2.35. The van der Waals surface area contributed by atoms with Gasteiger partial charge in [-0.05, 0) is 64.7 Å². The second-order valence-corrected chi connectivity index (χ2v) is 21.7. The van der Waals surface area contributed by atoms with Gasteiger partial charge >= 0.3 is 5.97 Å². The number of carbonyl (C=O) groups excluding carboxylic acids is 1. The zero-order valence-electron chi connectivity index (χ0n) is 17.8. The lowest BCUT2D eigenvalue weighted by atomic mass is 10.4. The fourth-order valence-electron chi connectivity index (χ4n) is 2.66. The average Bonchev–Trinajstić information content (AvgIpc) is 2.46. The Morgan fingerprint density at radius 2 is 1.48 bits per heavy atom. The summed E-state index contributed by atoms with van der Waals surface area (Å²) in [5.74, 6) is -0.304.